The number of carbonyl (C=O) groups is 1. The van der Waals surface area contributed by atoms with Gasteiger partial charge in [0.15, 0.2) is 0 Å². The molecular weight excluding hydrogens is 323 g/mol. The lowest BCUT2D eigenvalue weighted by Gasteiger charge is -2.26. The third kappa shape index (κ3) is 4.21. The van der Waals surface area contributed by atoms with Gasteiger partial charge in [0.25, 0.3) is 0 Å². The van der Waals surface area contributed by atoms with Crippen LogP contribution < -0.4 is 20.1 Å². The number of benzene rings is 2. The van der Waals surface area contributed by atoms with Gasteiger partial charge in [-0.2, -0.15) is 0 Å². The zero-order chi connectivity index (χ0) is 17.6. The van der Waals surface area contributed by atoms with Crippen molar-refractivity contribution in [2.24, 2.45) is 0 Å². The molecule has 0 aromatic heterocycles. The second-order valence-electron chi connectivity index (χ2n) is 5.89. The number of fused-ring (bicyclic) bond motifs is 1. The van der Waals surface area contributed by atoms with Gasteiger partial charge in [-0.3, -0.25) is 0 Å². The molecule has 1 aliphatic heterocycles. The standard InChI is InChI=1S/C19H21FN2O3/c1-24-17-7-6-15(20)10-14(17)12-22-19(23)21-11-13-8-9-25-18-5-3-2-4-16(13)18/h2-7,10,13H,8-9,11-12H2,1H3,(H2,21,22,23). The third-order valence-electron chi connectivity index (χ3n) is 4.27. The highest BCUT2D eigenvalue weighted by Crippen LogP contribution is 2.32. The number of carbonyl (C=O) groups excluding carboxylic acids is 1. The zero-order valence-corrected chi connectivity index (χ0v) is 14.0. The van der Waals surface area contributed by atoms with Gasteiger partial charge < -0.3 is 20.1 Å². The highest BCUT2D eigenvalue weighted by atomic mass is 19.1. The Morgan fingerprint density at radius 3 is 2.96 bits per heavy atom. The van der Waals surface area contributed by atoms with E-state index in [0.717, 1.165) is 17.7 Å². The van der Waals surface area contributed by atoms with Gasteiger partial charge >= 0.3 is 6.03 Å². The van der Waals surface area contributed by atoms with Gasteiger partial charge in [0.05, 0.1) is 13.7 Å². The summed E-state index contributed by atoms with van der Waals surface area (Å²) in [5.74, 6) is 1.28. The average molecular weight is 344 g/mol. The molecule has 0 fully saturated rings. The number of methoxy groups -OCH3 is 1. The zero-order valence-electron chi connectivity index (χ0n) is 14.0. The largest absolute Gasteiger partial charge is 0.496 e. The molecule has 3 rings (SSSR count). The first-order chi connectivity index (χ1) is 12.2. The molecule has 0 spiro atoms. The first kappa shape index (κ1) is 17.1. The Balaban J connectivity index is 1.53. The van der Waals surface area contributed by atoms with E-state index >= 15 is 0 Å². The van der Waals surface area contributed by atoms with E-state index in [1.54, 1.807) is 6.07 Å². The van der Waals surface area contributed by atoms with Crippen LogP contribution in [0.1, 0.15) is 23.5 Å². The minimum absolute atomic E-state index is 0.192. The molecule has 1 unspecified atom stereocenters. The van der Waals surface area contributed by atoms with Crippen LogP contribution in [0.4, 0.5) is 9.18 Å². The summed E-state index contributed by atoms with van der Waals surface area (Å²) in [4.78, 5) is 12.1. The number of nitrogens with one attached hydrogen (secondary N) is 2. The number of halogens is 1. The van der Waals surface area contributed by atoms with Crippen LogP contribution in [0.3, 0.4) is 0 Å². The minimum atomic E-state index is -0.364. The molecule has 2 amide bonds. The summed E-state index contributed by atoms with van der Waals surface area (Å²) in [6.45, 7) is 1.36. The lowest BCUT2D eigenvalue weighted by Crippen LogP contribution is -2.38. The summed E-state index contributed by atoms with van der Waals surface area (Å²) in [6, 6.07) is 11.8. The SMILES string of the molecule is COc1ccc(F)cc1CNC(=O)NCC1CCOc2ccccc21. The van der Waals surface area contributed by atoms with E-state index in [4.69, 9.17) is 9.47 Å². The van der Waals surface area contributed by atoms with Crippen molar-refractivity contribution in [3.8, 4) is 11.5 Å². The number of para-hydroxylation sites is 1. The Morgan fingerprint density at radius 2 is 2.12 bits per heavy atom. The highest BCUT2D eigenvalue weighted by Gasteiger charge is 2.21. The second kappa shape index (κ2) is 7.88. The summed E-state index contributed by atoms with van der Waals surface area (Å²) in [7, 11) is 1.51. The lowest BCUT2D eigenvalue weighted by atomic mass is 9.93. The predicted octanol–water partition coefficient (Wildman–Crippen LogP) is 3.20. The van der Waals surface area contributed by atoms with Crippen molar-refractivity contribution in [2.45, 2.75) is 18.9 Å². The monoisotopic (exact) mass is 344 g/mol. The Kier molecular flexibility index (Phi) is 5.38. The average Bonchev–Trinajstić information content (AvgIpc) is 2.64. The van der Waals surface area contributed by atoms with Crippen LogP contribution in [0, 0.1) is 5.82 Å². The molecule has 1 heterocycles. The van der Waals surface area contributed by atoms with Crippen LogP contribution in [0.5, 0.6) is 11.5 Å². The van der Waals surface area contributed by atoms with Crippen LogP contribution in [0.2, 0.25) is 0 Å². The van der Waals surface area contributed by atoms with Crippen LogP contribution in [-0.4, -0.2) is 26.3 Å². The van der Waals surface area contributed by atoms with E-state index in [2.05, 4.69) is 10.6 Å². The Morgan fingerprint density at radius 1 is 1.28 bits per heavy atom. The molecule has 1 aliphatic rings. The number of hydrogen-bond donors (Lipinski definition) is 2. The molecule has 0 radical (unpaired) electrons. The van der Waals surface area contributed by atoms with E-state index in [-0.39, 0.29) is 24.3 Å². The molecule has 25 heavy (non-hydrogen) atoms. The van der Waals surface area contributed by atoms with E-state index < -0.39 is 0 Å². The fourth-order valence-electron chi connectivity index (χ4n) is 2.97. The van der Waals surface area contributed by atoms with E-state index in [0.29, 0.717) is 24.5 Å². The molecular formula is C19H21FN2O3. The van der Waals surface area contributed by atoms with Crippen LogP contribution >= 0.6 is 0 Å². The van der Waals surface area contributed by atoms with Crippen LogP contribution in [0.25, 0.3) is 0 Å². The van der Waals surface area contributed by atoms with E-state index in [1.807, 2.05) is 24.3 Å². The summed E-state index contributed by atoms with van der Waals surface area (Å²) >= 11 is 0. The van der Waals surface area contributed by atoms with Gasteiger partial charge in [0.2, 0.25) is 0 Å². The van der Waals surface area contributed by atoms with Crippen molar-refractivity contribution in [1.82, 2.24) is 10.6 Å². The molecule has 5 nitrogen and oxygen atoms in total. The topological polar surface area (TPSA) is 59.6 Å². The van der Waals surface area contributed by atoms with Crippen LogP contribution in [-0.2, 0) is 6.54 Å². The van der Waals surface area contributed by atoms with Gasteiger partial charge in [-0.1, -0.05) is 18.2 Å². The number of amides is 2. The molecule has 132 valence electrons. The van der Waals surface area contributed by atoms with Crippen molar-refractivity contribution < 1.29 is 18.7 Å². The smallest absolute Gasteiger partial charge is 0.315 e. The van der Waals surface area contributed by atoms with Crippen molar-refractivity contribution >= 4 is 6.03 Å². The second-order valence-corrected chi connectivity index (χ2v) is 5.89. The Bertz CT molecular complexity index is 751. The normalized spacial score (nSPS) is 15.7. The fraction of sp³-hybridized carbons (Fsp3) is 0.316. The number of hydrogen-bond acceptors (Lipinski definition) is 3. The molecule has 2 aromatic carbocycles. The summed E-state index contributed by atoms with van der Waals surface area (Å²) in [5.41, 5.74) is 1.70. The molecule has 1 atom stereocenters. The third-order valence-corrected chi connectivity index (χ3v) is 4.27. The summed E-state index contributed by atoms with van der Waals surface area (Å²) in [6.07, 6.45) is 0.856. The predicted molar refractivity (Wildman–Crippen MR) is 92.5 cm³/mol. The first-order valence-electron chi connectivity index (χ1n) is 8.23. The van der Waals surface area contributed by atoms with Crippen molar-refractivity contribution in [1.29, 1.82) is 0 Å². The summed E-state index contributed by atoms with van der Waals surface area (Å²) < 4.78 is 24.1. The molecule has 2 aromatic rings. The molecule has 0 bridgehead atoms. The van der Waals surface area contributed by atoms with Gasteiger partial charge in [0.1, 0.15) is 17.3 Å². The molecule has 6 heteroatoms. The van der Waals surface area contributed by atoms with E-state index in [9.17, 15) is 9.18 Å². The molecule has 0 saturated heterocycles. The number of ether oxygens (including phenoxy) is 2. The van der Waals surface area contributed by atoms with Crippen molar-refractivity contribution in [3.63, 3.8) is 0 Å². The van der Waals surface area contributed by atoms with Crippen molar-refractivity contribution in [2.75, 3.05) is 20.3 Å². The maximum atomic E-state index is 13.3. The lowest BCUT2D eigenvalue weighted by molar-refractivity contribution is 0.235. The number of rotatable bonds is 5. The minimum Gasteiger partial charge on any atom is -0.496 e. The van der Waals surface area contributed by atoms with Crippen molar-refractivity contribution in [3.05, 3.63) is 59.4 Å². The number of urea groups is 1. The molecule has 0 aliphatic carbocycles. The van der Waals surface area contributed by atoms with Gasteiger partial charge in [-0.25, -0.2) is 9.18 Å². The van der Waals surface area contributed by atoms with Gasteiger partial charge in [-0.15, -0.1) is 0 Å². The van der Waals surface area contributed by atoms with Gasteiger partial charge in [-0.05, 0) is 36.2 Å². The summed E-state index contributed by atoms with van der Waals surface area (Å²) in [5, 5.41) is 5.61. The first-order valence-corrected chi connectivity index (χ1v) is 8.23. The Hall–Kier alpha value is -2.76. The van der Waals surface area contributed by atoms with Gasteiger partial charge in [0, 0.05) is 24.6 Å². The molecule has 0 saturated carbocycles. The fourth-order valence-corrected chi connectivity index (χ4v) is 2.97. The molecule has 2 N–H and O–H groups in total. The van der Waals surface area contributed by atoms with E-state index in [1.165, 1.54) is 19.2 Å². The quantitative estimate of drug-likeness (QED) is 0.876. The maximum Gasteiger partial charge on any atom is 0.315 e. The maximum absolute atomic E-state index is 13.3. The Labute approximate surface area is 146 Å². The highest BCUT2D eigenvalue weighted by molar-refractivity contribution is 5.74. The van der Waals surface area contributed by atoms with Crippen LogP contribution in [0.15, 0.2) is 42.5 Å².